The van der Waals surface area contributed by atoms with Gasteiger partial charge in [-0.15, -0.1) is 0 Å². The molecule has 0 unspecified atom stereocenters. The highest BCUT2D eigenvalue weighted by molar-refractivity contribution is 7.89. The van der Waals surface area contributed by atoms with Crippen LogP contribution in [-0.4, -0.2) is 23.2 Å². The minimum atomic E-state index is -3.73. The van der Waals surface area contributed by atoms with E-state index in [0.717, 1.165) is 5.56 Å². The van der Waals surface area contributed by atoms with Crippen LogP contribution in [0.3, 0.4) is 0 Å². The SMILES string of the molecule is O=S(=O)(NCc1ccnc(-n2cccn2)c1)c1cc(Cl)cc(Cl)c1. The average molecular weight is 383 g/mol. The Labute approximate surface area is 149 Å². The van der Waals surface area contributed by atoms with E-state index in [4.69, 9.17) is 23.2 Å². The Kier molecular flexibility index (Phi) is 4.86. The molecule has 0 atom stereocenters. The standard InChI is InChI=1S/C15H12Cl2N4O2S/c16-12-7-13(17)9-14(8-12)24(22,23)20-10-11-2-4-18-15(6-11)21-5-1-3-19-21/h1-9,20H,10H2. The number of hydrogen-bond acceptors (Lipinski definition) is 4. The van der Waals surface area contributed by atoms with E-state index in [-0.39, 0.29) is 21.5 Å². The molecular weight excluding hydrogens is 371 g/mol. The zero-order valence-corrected chi connectivity index (χ0v) is 14.6. The summed E-state index contributed by atoms with van der Waals surface area (Å²) in [6.45, 7) is 0.100. The fraction of sp³-hybridized carbons (Fsp3) is 0.0667. The molecule has 1 N–H and O–H groups in total. The van der Waals surface area contributed by atoms with Crippen molar-refractivity contribution >= 4 is 33.2 Å². The summed E-state index contributed by atoms with van der Waals surface area (Å²) in [5, 5.41) is 4.60. The number of nitrogens with zero attached hydrogens (tertiary/aromatic N) is 3. The second-order valence-electron chi connectivity index (χ2n) is 4.90. The van der Waals surface area contributed by atoms with Gasteiger partial charge in [0.05, 0.1) is 4.90 Å². The van der Waals surface area contributed by atoms with E-state index < -0.39 is 10.0 Å². The second kappa shape index (κ2) is 6.90. The molecule has 0 fully saturated rings. The van der Waals surface area contributed by atoms with Crippen molar-refractivity contribution < 1.29 is 8.42 Å². The summed E-state index contributed by atoms with van der Waals surface area (Å²) in [7, 11) is -3.73. The Balaban J connectivity index is 1.79. The molecule has 0 aliphatic rings. The number of hydrogen-bond donors (Lipinski definition) is 1. The maximum atomic E-state index is 12.4. The molecule has 6 nitrogen and oxygen atoms in total. The van der Waals surface area contributed by atoms with E-state index in [1.165, 1.54) is 18.2 Å². The molecule has 0 spiro atoms. The molecule has 24 heavy (non-hydrogen) atoms. The maximum Gasteiger partial charge on any atom is 0.240 e. The first kappa shape index (κ1) is 16.9. The first-order valence-corrected chi connectivity index (χ1v) is 9.09. The lowest BCUT2D eigenvalue weighted by atomic mass is 10.2. The third-order valence-corrected chi connectivity index (χ3v) is 4.98. The van der Waals surface area contributed by atoms with Gasteiger partial charge >= 0.3 is 0 Å². The van der Waals surface area contributed by atoms with Crippen molar-refractivity contribution in [2.24, 2.45) is 0 Å². The van der Waals surface area contributed by atoms with E-state index in [1.54, 1.807) is 41.5 Å². The Morgan fingerprint density at radius 1 is 1.08 bits per heavy atom. The number of aromatic nitrogens is 3. The first-order valence-electron chi connectivity index (χ1n) is 6.85. The van der Waals surface area contributed by atoms with E-state index in [2.05, 4.69) is 14.8 Å². The van der Waals surface area contributed by atoms with Crippen LogP contribution in [0.5, 0.6) is 0 Å². The predicted octanol–water partition coefficient (Wildman–Crippen LogP) is 3.05. The number of halogens is 2. The van der Waals surface area contributed by atoms with E-state index >= 15 is 0 Å². The number of rotatable bonds is 5. The van der Waals surface area contributed by atoms with Crippen LogP contribution in [0.1, 0.15) is 5.56 Å². The number of pyridine rings is 1. The van der Waals surface area contributed by atoms with Crippen LogP contribution in [-0.2, 0) is 16.6 Å². The van der Waals surface area contributed by atoms with Gasteiger partial charge in [0.25, 0.3) is 0 Å². The highest BCUT2D eigenvalue weighted by Gasteiger charge is 2.15. The van der Waals surface area contributed by atoms with Gasteiger partial charge in [-0.05, 0) is 42.0 Å². The summed E-state index contributed by atoms with van der Waals surface area (Å²) < 4.78 is 28.8. The normalized spacial score (nSPS) is 11.6. The van der Waals surface area contributed by atoms with Gasteiger partial charge in [-0.2, -0.15) is 5.10 Å². The van der Waals surface area contributed by atoms with Crippen molar-refractivity contribution in [3.63, 3.8) is 0 Å². The molecule has 2 heterocycles. The van der Waals surface area contributed by atoms with E-state index in [1.807, 2.05) is 0 Å². The van der Waals surface area contributed by atoms with Crippen molar-refractivity contribution in [1.82, 2.24) is 19.5 Å². The molecule has 0 bridgehead atoms. The first-order chi connectivity index (χ1) is 11.4. The van der Waals surface area contributed by atoms with Crippen molar-refractivity contribution in [2.75, 3.05) is 0 Å². The van der Waals surface area contributed by atoms with Crippen molar-refractivity contribution in [1.29, 1.82) is 0 Å². The molecule has 1 aromatic carbocycles. The molecule has 3 rings (SSSR count). The number of benzene rings is 1. The Bertz CT molecular complexity index is 939. The van der Waals surface area contributed by atoms with Crippen molar-refractivity contribution in [2.45, 2.75) is 11.4 Å². The Hall–Kier alpha value is -1.93. The van der Waals surface area contributed by atoms with Gasteiger partial charge < -0.3 is 0 Å². The minimum absolute atomic E-state index is 0.0151. The summed E-state index contributed by atoms with van der Waals surface area (Å²) >= 11 is 11.7. The van der Waals surface area contributed by atoms with Gasteiger partial charge in [-0.3, -0.25) is 0 Å². The molecule has 0 saturated carbocycles. The van der Waals surface area contributed by atoms with E-state index in [0.29, 0.717) is 5.82 Å². The summed E-state index contributed by atoms with van der Waals surface area (Å²) in [4.78, 5) is 4.21. The Morgan fingerprint density at radius 3 is 2.50 bits per heavy atom. The monoisotopic (exact) mass is 382 g/mol. The third kappa shape index (κ3) is 3.93. The van der Waals surface area contributed by atoms with Crippen LogP contribution in [0, 0.1) is 0 Å². The smallest absolute Gasteiger partial charge is 0.237 e. The summed E-state index contributed by atoms with van der Waals surface area (Å²) in [6.07, 6.45) is 4.99. The highest BCUT2D eigenvalue weighted by Crippen LogP contribution is 2.22. The van der Waals surface area contributed by atoms with Gasteiger partial charge in [0.15, 0.2) is 5.82 Å². The van der Waals surface area contributed by atoms with Gasteiger partial charge in [0.1, 0.15) is 0 Å². The lowest BCUT2D eigenvalue weighted by Gasteiger charge is -2.09. The van der Waals surface area contributed by atoms with Gasteiger partial charge in [-0.1, -0.05) is 23.2 Å². The number of sulfonamides is 1. The van der Waals surface area contributed by atoms with Gasteiger partial charge in [-0.25, -0.2) is 22.8 Å². The molecule has 2 aromatic heterocycles. The fourth-order valence-electron chi connectivity index (χ4n) is 2.05. The highest BCUT2D eigenvalue weighted by atomic mass is 35.5. The zero-order chi connectivity index (χ0) is 17.2. The van der Waals surface area contributed by atoms with Crippen LogP contribution in [0.15, 0.2) is 59.9 Å². The second-order valence-corrected chi connectivity index (χ2v) is 7.54. The lowest BCUT2D eigenvalue weighted by molar-refractivity contribution is 0.581. The van der Waals surface area contributed by atoms with Gasteiger partial charge in [0, 0.05) is 35.2 Å². The van der Waals surface area contributed by atoms with Crippen LogP contribution in [0.2, 0.25) is 10.0 Å². The van der Waals surface area contributed by atoms with Gasteiger partial charge in [0.2, 0.25) is 10.0 Å². The predicted molar refractivity (Wildman–Crippen MR) is 91.8 cm³/mol. The molecule has 0 saturated heterocycles. The largest absolute Gasteiger partial charge is 0.240 e. The van der Waals surface area contributed by atoms with Crippen molar-refractivity contribution in [3.05, 3.63) is 70.6 Å². The summed E-state index contributed by atoms with van der Waals surface area (Å²) in [5.74, 6) is 0.600. The summed E-state index contributed by atoms with van der Waals surface area (Å²) in [5.41, 5.74) is 0.743. The quantitative estimate of drug-likeness (QED) is 0.735. The molecule has 0 aliphatic heterocycles. The third-order valence-electron chi connectivity index (χ3n) is 3.16. The molecule has 0 radical (unpaired) electrons. The summed E-state index contributed by atoms with van der Waals surface area (Å²) in [6, 6.07) is 9.41. The number of nitrogens with one attached hydrogen (secondary N) is 1. The topological polar surface area (TPSA) is 76.9 Å². The van der Waals surface area contributed by atoms with Crippen molar-refractivity contribution in [3.8, 4) is 5.82 Å². The Morgan fingerprint density at radius 2 is 1.83 bits per heavy atom. The van der Waals surface area contributed by atoms with Crippen LogP contribution >= 0.6 is 23.2 Å². The average Bonchev–Trinajstić information content (AvgIpc) is 3.07. The minimum Gasteiger partial charge on any atom is -0.237 e. The molecule has 3 aromatic rings. The molecule has 124 valence electrons. The van der Waals surface area contributed by atoms with Crippen LogP contribution in [0.25, 0.3) is 5.82 Å². The maximum absolute atomic E-state index is 12.4. The van der Waals surface area contributed by atoms with Crippen LogP contribution in [0.4, 0.5) is 0 Å². The van der Waals surface area contributed by atoms with Crippen LogP contribution < -0.4 is 4.72 Å². The van der Waals surface area contributed by atoms with E-state index in [9.17, 15) is 8.42 Å². The molecule has 0 amide bonds. The fourth-order valence-corrected chi connectivity index (χ4v) is 3.79. The molecular formula is C15H12Cl2N4O2S. The molecule has 9 heteroatoms. The molecule has 0 aliphatic carbocycles. The zero-order valence-electron chi connectivity index (χ0n) is 12.2. The lowest BCUT2D eigenvalue weighted by Crippen LogP contribution is -2.23.